The van der Waals surface area contributed by atoms with Crippen LogP contribution in [-0.4, -0.2) is 5.71 Å². The third kappa shape index (κ3) is 3.06. The molecule has 1 aromatic rings. The van der Waals surface area contributed by atoms with Crippen molar-refractivity contribution in [2.24, 2.45) is 5.41 Å². The summed E-state index contributed by atoms with van der Waals surface area (Å²) >= 11 is 0. The lowest BCUT2D eigenvalue weighted by Crippen LogP contribution is -2.20. The number of hydrogen-bond donors (Lipinski definition) is 1. The summed E-state index contributed by atoms with van der Waals surface area (Å²) in [6.07, 6.45) is 26.3. The van der Waals surface area contributed by atoms with Crippen molar-refractivity contribution in [1.29, 1.82) is 5.41 Å². The molecule has 1 heterocycles. The van der Waals surface area contributed by atoms with E-state index in [1.165, 1.54) is 16.7 Å². The summed E-state index contributed by atoms with van der Waals surface area (Å²) in [6.45, 7) is 4.55. The van der Waals surface area contributed by atoms with E-state index < -0.39 is 0 Å². The van der Waals surface area contributed by atoms with Crippen LogP contribution in [-0.2, 0) is 6.42 Å². The van der Waals surface area contributed by atoms with Gasteiger partial charge in [-0.1, -0.05) is 74.1 Å². The first kappa shape index (κ1) is 18.4. The maximum Gasteiger partial charge on any atom is 0.115 e. The molecule has 0 bridgehead atoms. The molecular formula is C27H29NO. The van der Waals surface area contributed by atoms with E-state index >= 15 is 0 Å². The van der Waals surface area contributed by atoms with E-state index in [4.69, 9.17) is 9.83 Å². The van der Waals surface area contributed by atoms with Crippen molar-refractivity contribution in [1.82, 2.24) is 0 Å². The molecule has 0 aromatic carbocycles. The Kier molecular flexibility index (Phi) is 4.46. The van der Waals surface area contributed by atoms with Gasteiger partial charge in [-0.15, -0.1) is 0 Å². The Balaban J connectivity index is 1.44. The number of fused-ring (bicyclic) bond motifs is 3. The SMILES string of the molecule is CC1CC=Cc2c1oc1c2C(C(=N)C2=CCC(C)(C3=CC=CCC3)C=C2)=CCC1. The lowest BCUT2D eigenvalue weighted by molar-refractivity contribution is 0.436. The monoisotopic (exact) mass is 383 g/mol. The van der Waals surface area contributed by atoms with E-state index in [1.807, 2.05) is 0 Å². The molecule has 0 amide bonds. The number of furan rings is 1. The molecule has 29 heavy (non-hydrogen) atoms. The van der Waals surface area contributed by atoms with Gasteiger partial charge in [0.05, 0.1) is 5.71 Å². The van der Waals surface area contributed by atoms with E-state index in [-0.39, 0.29) is 5.41 Å². The Morgan fingerprint density at radius 3 is 2.79 bits per heavy atom. The molecule has 0 radical (unpaired) electrons. The molecule has 2 nitrogen and oxygen atoms in total. The first-order valence-electron chi connectivity index (χ1n) is 10.9. The average Bonchev–Trinajstić information content (AvgIpc) is 3.15. The third-order valence-electron chi connectivity index (χ3n) is 6.94. The van der Waals surface area contributed by atoms with E-state index in [1.54, 1.807) is 0 Å². The van der Waals surface area contributed by atoms with Crippen LogP contribution in [0.3, 0.4) is 0 Å². The van der Waals surface area contributed by atoms with Gasteiger partial charge in [-0.2, -0.15) is 0 Å². The van der Waals surface area contributed by atoms with Gasteiger partial charge in [-0.3, -0.25) is 5.41 Å². The van der Waals surface area contributed by atoms with Gasteiger partial charge in [0.1, 0.15) is 11.5 Å². The van der Waals surface area contributed by atoms with Crippen LogP contribution in [0, 0.1) is 10.8 Å². The predicted molar refractivity (Wildman–Crippen MR) is 121 cm³/mol. The minimum Gasteiger partial charge on any atom is -0.464 e. The Hall–Kier alpha value is -2.61. The van der Waals surface area contributed by atoms with Gasteiger partial charge in [0.15, 0.2) is 0 Å². The Bertz CT molecular complexity index is 1050. The zero-order chi connectivity index (χ0) is 20.0. The first-order chi connectivity index (χ1) is 14.1. The zero-order valence-electron chi connectivity index (χ0n) is 17.4. The van der Waals surface area contributed by atoms with Gasteiger partial charge in [-0.25, -0.2) is 0 Å². The van der Waals surface area contributed by atoms with Gasteiger partial charge in [0.2, 0.25) is 0 Å². The van der Waals surface area contributed by atoms with Crippen molar-refractivity contribution in [2.45, 2.75) is 58.3 Å². The molecule has 148 valence electrons. The molecule has 0 spiro atoms. The zero-order valence-corrected chi connectivity index (χ0v) is 17.4. The fraction of sp³-hybridized carbons (Fsp3) is 0.370. The van der Waals surface area contributed by atoms with Crippen molar-refractivity contribution >= 4 is 17.4 Å². The van der Waals surface area contributed by atoms with E-state index in [0.29, 0.717) is 11.6 Å². The Morgan fingerprint density at radius 1 is 1.14 bits per heavy atom. The second-order valence-electron chi connectivity index (χ2n) is 9.02. The molecule has 2 heteroatoms. The molecule has 1 aromatic heterocycles. The van der Waals surface area contributed by atoms with Crippen molar-refractivity contribution in [2.75, 3.05) is 0 Å². The van der Waals surface area contributed by atoms with Crippen LogP contribution in [0.4, 0.5) is 0 Å². The van der Waals surface area contributed by atoms with Crippen LogP contribution >= 0.6 is 0 Å². The second kappa shape index (κ2) is 7.02. The fourth-order valence-electron chi connectivity index (χ4n) is 5.08. The molecule has 2 atom stereocenters. The van der Waals surface area contributed by atoms with Crippen LogP contribution in [0.1, 0.15) is 74.5 Å². The second-order valence-corrected chi connectivity index (χ2v) is 9.02. The number of nitrogens with one attached hydrogen (secondary N) is 1. The van der Waals surface area contributed by atoms with Gasteiger partial charge in [0.25, 0.3) is 0 Å². The number of rotatable bonds is 3. The fourth-order valence-corrected chi connectivity index (χ4v) is 5.08. The highest BCUT2D eigenvalue weighted by Crippen LogP contribution is 2.44. The van der Waals surface area contributed by atoms with Gasteiger partial charge >= 0.3 is 0 Å². The molecule has 4 aliphatic rings. The third-order valence-corrected chi connectivity index (χ3v) is 6.94. The standard InChI is InChI=1S/C27H29NO/c1-18-8-6-12-22-24-21(11-7-13-23(24)29-26(18)22)25(28)19-14-16-27(2,17-15-19)20-9-4-3-5-10-20/h3-4,6,9,11-12,14-16,18,28H,5,7-8,10,13,17H2,1-2H3. The summed E-state index contributed by atoms with van der Waals surface area (Å²) in [4.78, 5) is 0. The molecule has 2 unspecified atom stereocenters. The largest absolute Gasteiger partial charge is 0.464 e. The molecule has 0 saturated heterocycles. The topological polar surface area (TPSA) is 37.0 Å². The van der Waals surface area contributed by atoms with Gasteiger partial charge in [-0.05, 0) is 37.7 Å². The molecule has 0 saturated carbocycles. The van der Waals surface area contributed by atoms with E-state index in [2.05, 4.69) is 68.5 Å². The van der Waals surface area contributed by atoms with Crippen LogP contribution in [0.25, 0.3) is 11.6 Å². The Morgan fingerprint density at radius 2 is 2.03 bits per heavy atom. The summed E-state index contributed by atoms with van der Waals surface area (Å²) in [5.41, 5.74) is 6.68. The van der Waals surface area contributed by atoms with Gasteiger partial charge in [0, 0.05) is 34.5 Å². The summed E-state index contributed by atoms with van der Waals surface area (Å²) < 4.78 is 6.28. The van der Waals surface area contributed by atoms with Crippen molar-refractivity contribution in [3.63, 3.8) is 0 Å². The van der Waals surface area contributed by atoms with Crippen LogP contribution in [0.2, 0.25) is 0 Å². The summed E-state index contributed by atoms with van der Waals surface area (Å²) in [5.74, 6) is 2.60. The van der Waals surface area contributed by atoms with Crippen LogP contribution in [0.5, 0.6) is 0 Å². The minimum absolute atomic E-state index is 0.0770. The van der Waals surface area contributed by atoms with Crippen molar-refractivity contribution in [3.05, 3.63) is 82.4 Å². The molecule has 1 N–H and O–H groups in total. The molecular weight excluding hydrogens is 354 g/mol. The lowest BCUT2D eigenvalue weighted by atomic mass is 9.72. The first-order valence-corrected chi connectivity index (χ1v) is 10.9. The predicted octanol–water partition coefficient (Wildman–Crippen LogP) is 7.32. The number of allylic oxidation sites excluding steroid dienone is 11. The van der Waals surface area contributed by atoms with Gasteiger partial charge < -0.3 is 4.42 Å². The van der Waals surface area contributed by atoms with E-state index in [9.17, 15) is 0 Å². The average molecular weight is 384 g/mol. The summed E-state index contributed by atoms with van der Waals surface area (Å²) in [7, 11) is 0. The maximum absolute atomic E-state index is 9.01. The Labute approximate surface area is 173 Å². The van der Waals surface area contributed by atoms with Crippen molar-refractivity contribution in [3.8, 4) is 0 Å². The minimum atomic E-state index is 0.0770. The summed E-state index contributed by atoms with van der Waals surface area (Å²) in [5, 5.41) is 9.01. The quantitative estimate of drug-likeness (QED) is 0.545. The lowest BCUT2D eigenvalue weighted by Gasteiger charge is -2.32. The van der Waals surface area contributed by atoms with E-state index in [0.717, 1.165) is 61.2 Å². The van der Waals surface area contributed by atoms with Crippen molar-refractivity contribution < 1.29 is 4.42 Å². The smallest absolute Gasteiger partial charge is 0.115 e. The molecule has 0 fully saturated rings. The van der Waals surface area contributed by atoms with Crippen LogP contribution < -0.4 is 0 Å². The molecule has 0 aliphatic heterocycles. The highest BCUT2D eigenvalue weighted by Gasteiger charge is 2.32. The normalized spacial score (nSPS) is 27.7. The highest BCUT2D eigenvalue weighted by molar-refractivity contribution is 6.32. The number of aryl methyl sites for hydroxylation is 1. The summed E-state index contributed by atoms with van der Waals surface area (Å²) in [6, 6.07) is 0. The highest BCUT2D eigenvalue weighted by atomic mass is 16.3. The maximum atomic E-state index is 9.01. The molecule has 4 aliphatic carbocycles. The molecule has 5 rings (SSSR count). The van der Waals surface area contributed by atoms with Crippen LogP contribution in [0.15, 0.2) is 64.2 Å². The number of hydrogen-bond acceptors (Lipinski definition) is 2.